The molecule has 29 heavy (non-hydrogen) atoms. The number of carbonyl (C=O) groups excluding carboxylic acids is 2. The van der Waals surface area contributed by atoms with Crippen LogP contribution in [0.4, 0.5) is 8.78 Å². The van der Waals surface area contributed by atoms with Crippen LogP contribution in [0.3, 0.4) is 0 Å². The zero-order valence-corrected chi connectivity index (χ0v) is 15.8. The first-order valence-electron chi connectivity index (χ1n) is 9.40. The van der Waals surface area contributed by atoms with E-state index in [-0.39, 0.29) is 29.8 Å². The maximum Gasteiger partial charge on any atom is 0.387 e. The predicted octanol–water partition coefficient (Wildman–Crippen LogP) is 2.56. The summed E-state index contributed by atoms with van der Waals surface area (Å²) in [5.74, 6) is -0.0554. The van der Waals surface area contributed by atoms with Gasteiger partial charge in [0.2, 0.25) is 5.91 Å². The van der Waals surface area contributed by atoms with Crippen LogP contribution >= 0.6 is 0 Å². The molecule has 2 N–H and O–H groups in total. The van der Waals surface area contributed by atoms with E-state index >= 15 is 0 Å². The second-order valence-electron chi connectivity index (χ2n) is 6.66. The normalized spacial score (nSPS) is 15.3. The van der Waals surface area contributed by atoms with Crippen molar-refractivity contribution in [3.63, 3.8) is 0 Å². The topological polar surface area (TPSA) is 83.8 Å². The van der Waals surface area contributed by atoms with E-state index in [9.17, 15) is 18.4 Å². The molecule has 1 aromatic carbocycles. The van der Waals surface area contributed by atoms with Gasteiger partial charge < -0.3 is 19.8 Å². The minimum absolute atomic E-state index is 0.0415. The second kappa shape index (κ2) is 10.0. The Kier molecular flexibility index (Phi) is 7.18. The number of nitrogens with zero attached hydrogens (tertiary/aromatic N) is 1. The molecule has 0 unspecified atom stereocenters. The number of hydrogen-bond acceptors (Lipinski definition) is 5. The smallest absolute Gasteiger partial charge is 0.387 e. The Morgan fingerprint density at radius 2 is 1.83 bits per heavy atom. The number of rotatable bonds is 9. The molecule has 1 aromatic heterocycles. The van der Waals surface area contributed by atoms with Gasteiger partial charge in [0, 0.05) is 12.1 Å². The van der Waals surface area contributed by atoms with Crippen molar-refractivity contribution in [2.75, 3.05) is 26.2 Å². The Labute approximate surface area is 167 Å². The van der Waals surface area contributed by atoms with Gasteiger partial charge in [0.25, 0.3) is 5.91 Å². The molecule has 7 nitrogen and oxygen atoms in total. The fourth-order valence-electron chi connectivity index (χ4n) is 3.27. The molecule has 1 atom stereocenters. The molecule has 0 spiro atoms. The van der Waals surface area contributed by atoms with Crippen molar-refractivity contribution in [1.82, 2.24) is 15.5 Å². The Hall–Kier alpha value is -2.94. The van der Waals surface area contributed by atoms with E-state index in [1.54, 1.807) is 6.26 Å². The number of carbonyl (C=O) groups is 2. The summed E-state index contributed by atoms with van der Waals surface area (Å²) in [4.78, 5) is 26.5. The van der Waals surface area contributed by atoms with Gasteiger partial charge in [0.05, 0.1) is 18.8 Å². The van der Waals surface area contributed by atoms with Crippen molar-refractivity contribution < 1.29 is 27.5 Å². The summed E-state index contributed by atoms with van der Waals surface area (Å²) in [6.45, 7) is -0.850. The van der Waals surface area contributed by atoms with Crippen molar-refractivity contribution >= 4 is 11.8 Å². The average molecular weight is 407 g/mol. The fourth-order valence-corrected chi connectivity index (χ4v) is 3.27. The van der Waals surface area contributed by atoms with Crippen LogP contribution in [0, 0.1) is 0 Å². The summed E-state index contributed by atoms with van der Waals surface area (Å²) in [5, 5.41) is 5.34. The molecule has 1 aliphatic heterocycles. The largest absolute Gasteiger partial charge is 0.468 e. The van der Waals surface area contributed by atoms with Gasteiger partial charge in [0.15, 0.2) is 0 Å². The van der Waals surface area contributed by atoms with Gasteiger partial charge >= 0.3 is 6.61 Å². The first-order valence-corrected chi connectivity index (χ1v) is 9.40. The number of halogens is 2. The van der Waals surface area contributed by atoms with E-state index in [0.717, 1.165) is 31.7 Å². The molecule has 2 heterocycles. The lowest BCUT2D eigenvalue weighted by Gasteiger charge is -2.26. The molecule has 2 aromatic rings. The lowest BCUT2D eigenvalue weighted by Crippen LogP contribution is -2.41. The number of benzene rings is 1. The molecular formula is C20H23F2N3O4. The lowest BCUT2D eigenvalue weighted by atomic mass is 10.2. The third-order valence-electron chi connectivity index (χ3n) is 4.70. The number of hydrogen-bond donors (Lipinski definition) is 2. The molecule has 0 aliphatic carbocycles. The summed E-state index contributed by atoms with van der Waals surface area (Å²) in [6.07, 6.45) is 3.84. The van der Waals surface area contributed by atoms with Crippen molar-refractivity contribution in [1.29, 1.82) is 0 Å². The Bertz CT molecular complexity index is 791. The van der Waals surface area contributed by atoms with Gasteiger partial charge in [0.1, 0.15) is 11.5 Å². The molecule has 0 bridgehead atoms. The Balaban J connectivity index is 1.46. The highest BCUT2D eigenvalue weighted by molar-refractivity contribution is 5.96. The number of alkyl halides is 2. The van der Waals surface area contributed by atoms with Crippen molar-refractivity contribution in [3.05, 3.63) is 54.0 Å². The number of amides is 2. The van der Waals surface area contributed by atoms with E-state index in [2.05, 4.69) is 20.3 Å². The Morgan fingerprint density at radius 3 is 2.45 bits per heavy atom. The van der Waals surface area contributed by atoms with Gasteiger partial charge in [-0.25, -0.2) is 0 Å². The lowest BCUT2D eigenvalue weighted by molar-refractivity contribution is -0.120. The molecular weight excluding hydrogens is 384 g/mol. The van der Waals surface area contributed by atoms with Gasteiger partial charge in [-0.05, 0) is 62.3 Å². The molecule has 1 saturated heterocycles. The first-order chi connectivity index (χ1) is 14.0. The molecule has 9 heteroatoms. The van der Waals surface area contributed by atoms with Crippen LogP contribution < -0.4 is 15.4 Å². The van der Waals surface area contributed by atoms with Crippen LogP contribution in [0.2, 0.25) is 0 Å². The van der Waals surface area contributed by atoms with Crippen LogP contribution in [0.1, 0.15) is 35.0 Å². The van der Waals surface area contributed by atoms with Crippen molar-refractivity contribution in [2.45, 2.75) is 25.5 Å². The van der Waals surface area contributed by atoms with E-state index in [0.29, 0.717) is 6.54 Å². The summed E-state index contributed by atoms with van der Waals surface area (Å²) in [6, 6.07) is 8.90. The second-order valence-corrected chi connectivity index (χ2v) is 6.66. The van der Waals surface area contributed by atoms with Crippen LogP contribution in [0.25, 0.3) is 0 Å². The van der Waals surface area contributed by atoms with Crippen LogP contribution in [-0.2, 0) is 4.79 Å². The third-order valence-corrected chi connectivity index (χ3v) is 4.70. The molecule has 3 rings (SSSR count). The van der Waals surface area contributed by atoms with E-state index in [1.165, 1.54) is 24.3 Å². The van der Waals surface area contributed by atoms with Crippen LogP contribution in [0.15, 0.2) is 47.1 Å². The summed E-state index contributed by atoms with van der Waals surface area (Å²) < 4.78 is 34.0. The minimum atomic E-state index is -2.93. The fraction of sp³-hybridized carbons (Fsp3) is 0.400. The summed E-state index contributed by atoms with van der Waals surface area (Å²) in [7, 11) is 0. The maximum atomic E-state index is 12.2. The van der Waals surface area contributed by atoms with Crippen molar-refractivity contribution in [3.8, 4) is 5.75 Å². The number of nitrogens with one attached hydrogen (secondary N) is 2. The van der Waals surface area contributed by atoms with Crippen LogP contribution in [-0.4, -0.2) is 49.5 Å². The van der Waals surface area contributed by atoms with Crippen molar-refractivity contribution in [2.24, 2.45) is 0 Å². The monoisotopic (exact) mass is 407 g/mol. The molecule has 1 fully saturated rings. The number of likely N-dealkylation sites (tertiary alicyclic amines) is 1. The standard InChI is InChI=1S/C20H23F2N3O4/c21-20(22)29-15-7-5-14(6-8-15)19(27)24-13-18(26)23-12-16(17-4-3-11-28-17)25-9-1-2-10-25/h3-8,11,16,20H,1-2,9-10,12-13H2,(H,23,26)(H,24,27)/t16-/m1/s1. The number of furan rings is 1. The highest BCUT2D eigenvalue weighted by atomic mass is 19.3. The summed E-state index contributed by atoms with van der Waals surface area (Å²) in [5.41, 5.74) is 0.241. The third kappa shape index (κ3) is 6.02. The molecule has 1 aliphatic rings. The highest BCUT2D eigenvalue weighted by Gasteiger charge is 2.25. The minimum Gasteiger partial charge on any atom is -0.468 e. The van der Waals surface area contributed by atoms with E-state index in [1.807, 2.05) is 12.1 Å². The zero-order chi connectivity index (χ0) is 20.6. The first kappa shape index (κ1) is 20.8. The molecule has 156 valence electrons. The van der Waals surface area contributed by atoms with Gasteiger partial charge in [-0.3, -0.25) is 14.5 Å². The quantitative estimate of drug-likeness (QED) is 0.668. The molecule has 0 saturated carbocycles. The number of ether oxygens (including phenoxy) is 1. The Morgan fingerprint density at radius 1 is 1.10 bits per heavy atom. The highest BCUT2D eigenvalue weighted by Crippen LogP contribution is 2.24. The molecule has 2 amide bonds. The van der Waals surface area contributed by atoms with E-state index in [4.69, 9.17) is 4.42 Å². The van der Waals surface area contributed by atoms with Crippen LogP contribution in [0.5, 0.6) is 5.75 Å². The SMILES string of the molecule is O=C(CNC(=O)c1ccc(OC(F)F)cc1)NC[C@H](c1ccco1)N1CCCC1. The molecule has 0 radical (unpaired) electrons. The summed E-state index contributed by atoms with van der Waals surface area (Å²) >= 11 is 0. The average Bonchev–Trinajstić information content (AvgIpc) is 3.41. The zero-order valence-electron chi connectivity index (χ0n) is 15.8. The predicted molar refractivity (Wildman–Crippen MR) is 101 cm³/mol. The van der Waals surface area contributed by atoms with Gasteiger partial charge in [-0.15, -0.1) is 0 Å². The van der Waals surface area contributed by atoms with Gasteiger partial charge in [-0.1, -0.05) is 0 Å². The maximum absolute atomic E-state index is 12.2. The van der Waals surface area contributed by atoms with E-state index < -0.39 is 12.5 Å². The van der Waals surface area contributed by atoms with Gasteiger partial charge in [-0.2, -0.15) is 8.78 Å².